The van der Waals surface area contributed by atoms with Gasteiger partial charge in [0.2, 0.25) is 0 Å². The molecule has 2 fully saturated rings. The fourth-order valence-corrected chi connectivity index (χ4v) is 3.02. The lowest BCUT2D eigenvalue weighted by Crippen LogP contribution is -2.53. The maximum atomic E-state index is 10.2. The van der Waals surface area contributed by atoms with Gasteiger partial charge in [-0.2, -0.15) is 5.10 Å². The number of hydrogen-bond donors (Lipinski definition) is 2. The molecule has 2 N–H and O–H groups in total. The van der Waals surface area contributed by atoms with E-state index in [2.05, 4.69) is 53.3 Å². The maximum absolute atomic E-state index is 10.2. The second-order valence-corrected chi connectivity index (χ2v) is 7.96. The Hall–Kier alpha value is -1.24. The van der Waals surface area contributed by atoms with E-state index < -0.39 is 5.60 Å². The molecular formula is C17H28N4O2. The molecule has 3 rings (SSSR count). The second kappa shape index (κ2) is 6.34. The largest absolute Gasteiger partial charge is 0.386 e. The Balaban J connectivity index is 1.40. The Bertz CT molecular complexity index is 514. The average molecular weight is 320 g/mol. The highest BCUT2D eigenvalue weighted by atomic mass is 16.5. The van der Waals surface area contributed by atoms with Gasteiger partial charge in [-0.25, -0.2) is 0 Å². The zero-order chi connectivity index (χ0) is 16.5. The van der Waals surface area contributed by atoms with Crippen molar-refractivity contribution in [2.24, 2.45) is 5.92 Å². The highest BCUT2D eigenvalue weighted by Crippen LogP contribution is 2.25. The van der Waals surface area contributed by atoms with Crippen molar-refractivity contribution in [2.75, 3.05) is 44.3 Å². The number of hydrogen-bond acceptors (Lipinski definition) is 6. The summed E-state index contributed by atoms with van der Waals surface area (Å²) in [5, 5.41) is 22.3. The van der Waals surface area contributed by atoms with Gasteiger partial charge in [-0.05, 0) is 12.1 Å². The minimum Gasteiger partial charge on any atom is -0.386 e. The first-order chi connectivity index (χ1) is 10.9. The predicted octanol–water partition coefficient (Wildman–Crippen LogP) is 0.951. The Kier molecular flexibility index (Phi) is 4.58. The van der Waals surface area contributed by atoms with Gasteiger partial charge in [0, 0.05) is 50.5 Å². The van der Waals surface area contributed by atoms with Gasteiger partial charge in [0.25, 0.3) is 0 Å². The van der Waals surface area contributed by atoms with Crippen molar-refractivity contribution in [3.8, 4) is 0 Å². The molecule has 128 valence electrons. The molecule has 6 nitrogen and oxygen atoms in total. The van der Waals surface area contributed by atoms with Gasteiger partial charge in [-0.1, -0.05) is 20.8 Å². The van der Waals surface area contributed by atoms with E-state index >= 15 is 0 Å². The van der Waals surface area contributed by atoms with Crippen molar-refractivity contribution >= 4 is 5.82 Å². The Morgan fingerprint density at radius 2 is 2.13 bits per heavy atom. The van der Waals surface area contributed by atoms with Gasteiger partial charge >= 0.3 is 0 Å². The predicted molar refractivity (Wildman–Crippen MR) is 89.7 cm³/mol. The van der Waals surface area contributed by atoms with Crippen LogP contribution in [0.15, 0.2) is 12.1 Å². The van der Waals surface area contributed by atoms with Crippen molar-refractivity contribution in [3.63, 3.8) is 0 Å². The normalized spacial score (nSPS) is 25.7. The van der Waals surface area contributed by atoms with Crippen LogP contribution in [0.2, 0.25) is 0 Å². The molecule has 0 radical (unpaired) electrons. The number of nitrogens with one attached hydrogen (secondary N) is 1. The van der Waals surface area contributed by atoms with Crippen molar-refractivity contribution in [2.45, 2.75) is 38.2 Å². The van der Waals surface area contributed by atoms with Crippen LogP contribution in [0.4, 0.5) is 5.82 Å². The Morgan fingerprint density at radius 1 is 1.35 bits per heavy atom. The van der Waals surface area contributed by atoms with Crippen molar-refractivity contribution in [1.82, 2.24) is 15.5 Å². The van der Waals surface area contributed by atoms with Gasteiger partial charge < -0.3 is 20.1 Å². The molecule has 0 bridgehead atoms. The fraction of sp³-hybridized carbons (Fsp3) is 0.765. The monoisotopic (exact) mass is 320 g/mol. The Morgan fingerprint density at radius 3 is 2.70 bits per heavy atom. The molecule has 2 aliphatic heterocycles. The van der Waals surface area contributed by atoms with Crippen molar-refractivity contribution in [3.05, 3.63) is 17.8 Å². The third-order valence-corrected chi connectivity index (χ3v) is 4.67. The first-order valence-electron chi connectivity index (χ1n) is 8.46. The lowest BCUT2D eigenvalue weighted by atomic mass is 9.92. The average Bonchev–Trinajstić information content (AvgIpc) is 2.88. The quantitative estimate of drug-likeness (QED) is 0.842. The van der Waals surface area contributed by atoms with Crippen LogP contribution >= 0.6 is 0 Å². The lowest BCUT2D eigenvalue weighted by Gasteiger charge is -2.40. The first kappa shape index (κ1) is 16.6. The number of aromatic nitrogens is 2. The van der Waals surface area contributed by atoms with Crippen LogP contribution in [0.1, 0.15) is 32.9 Å². The fourth-order valence-electron chi connectivity index (χ4n) is 3.02. The van der Waals surface area contributed by atoms with E-state index in [1.165, 1.54) is 0 Å². The Labute approximate surface area is 138 Å². The molecule has 1 unspecified atom stereocenters. The molecule has 0 aromatic carbocycles. The summed E-state index contributed by atoms with van der Waals surface area (Å²) in [4.78, 5) is 2.25. The van der Waals surface area contributed by atoms with Crippen LogP contribution in [0.3, 0.4) is 0 Å². The third-order valence-electron chi connectivity index (χ3n) is 4.67. The highest BCUT2D eigenvalue weighted by Gasteiger charge is 2.33. The zero-order valence-electron chi connectivity index (χ0n) is 14.4. The third kappa shape index (κ3) is 4.00. The van der Waals surface area contributed by atoms with Crippen LogP contribution in [-0.4, -0.2) is 60.3 Å². The number of anilines is 1. The summed E-state index contributed by atoms with van der Waals surface area (Å²) in [5.74, 6) is 1.56. The van der Waals surface area contributed by atoms with Crippen LogP contribution in [-0.2, 0) is 10.2 Å². The molecule has 1 aromatic heterocycles. The minimum atomic E-state index is -0.669. The highest BCUT2D eigenvalue weighted by molar-refractivity contribution is 5.41. The van der Waals surface area contributed by atoms with Gasteiger partial charge in [0.15, 0.2) is 5.82 Å². The van der Waals surface area contributed by atoms with E-state index in [0.717, 1.165) is 37.6 Å². The smallest absolute Gasteiger partial charge is 0.151 e. The van der Waals surface area contributed by atoms with Crippen LogP contribution in [0, 0.1) is 5.92 Å². The van der Waals surface area contributed by atoms with E-state index in [4.69, 9.17) is 4.74 Å². The minimum absolute atomic E-state index is 0.0388. The van der Waals surface area contributed by atoms with Crippen LogP contribution < -0.4 is 10.2 Å². The number of rotatable bonds is 5. The summed E-state index contributed by atoms with van der Waals surface area (Å²) in [6.07, 6.45) is 0.729. The van der Waals surface area contributed by atoms with E-state index in [-0.39, 0.29) is 5.41 Å². The topological polar surface area (TPSA) is 70.5 Å². The summed E-state index contributed by atoms with van der Waals surface area (Å²) < 4.78 is 5.25. The van der Waals surface area contributed by atoms with Gasteiger partial charge in [0.05, 0.1) is 12.3 Å². The molecule has 2 aliphatic rings. The van der Waals surface area contributed by atoms with E-state index in [9.17, 15) is 5.11 Å². The number of aliphatic hydroxyl groups is 1. The van der Waals surface area contributed by atoms with Gasteiger partial charge in [-0.15, -0.1) is 5.10 Å². The molecule has 0 aliphatic carbocycles. The van der Waals surface area contributed by atoms with Crippen molar-refractivity contribution in [1.29, 1.82) is 0 Å². The molecule has 6 heteroatoms. The molecule has 1 atom stereocenters. The molecule has 3 heterocycles. The number of nitrogens with zero attached hydrogens (tertiary/aromatic N) is 3. The number of ether oxygens (including phenoxy) is 1. The standard InChI is InChI=1S/C17H28N4O2/c1-16(2,3)14-4-5-15(20-19-14)21-9-13(10-21)8-18-11-17(22)6-7-23-12-17/h4-5,13,18,22H,6-12H2,1-3H3. The first-order valence-corrected chi connectivity index (χ1v) is 8.46. The van der Waals surface area contributed by atoms with Gasteiger partial charge in [0.1, 0.15) is 5.60 Å². The summed E-state index contributed by atoms with van der Waals surface area (Å²) in [7, 11) is 0. The molecule has 2 saturated heterocycles. The van der Waals surface area contributed by atoms with Crippen molar-refractivity contribution < 1.29 is 9.84 Å². The maximum Gasteiger partial charge on any atom is 0.151 e. The van der Waals surface area contributed by atoms with Crippen LogP contribution in [0.25, 0.3) is 0 Å². The molecule has 0 amide bonds. The molecule has 1 aromatic rings. The SMILES string of the molecule is CC(C)(C)c1ccc(N2CC(CNCC3(O)CCOC3)C2)nn1. The van der Waals surface area contributed by atoms with Crippen LogP contribution in [0.5, 0.6) is 0 Å². The van der Waals surface area contributed by atoms with E-state index in [1.807, 2.05) is 0 Å². The molecule has 0 saturated carbocycles. The summed E-state index contributed by atoms with van der Waals surface area (Å²) in [6.45, 7) is 11.1. The second-order valence-electron chi connectivity index (χ2n) is 7.96. The molecule has 0 spiro atoms. The zero-order valence-corrected chi connectivity index (χ0v) is 14.4. The summed E-state index contributed by atoms with van der Waals surface area (Å²) in [5.41, 5.74) is 0.390. The van der Waals surface area contributed by atoms with E-state index in [1.54, 1.807) is 0 Å². The van der Waals surface area contributed by atoms with E-state index in [0.29, 0.717) is 25.7 Å². The summed E-state index contributed by atoms with van der Waals surface area (Å²) >= 11 is 0. The molecule has 23 heavy (non-hydrogen) atoms. The molecular weight excluding hydrogens is 292 g/mol. The lowest BCUT2D eigenvalue weighted by molar-refractivity contribution is 0.0262. The summed E-state index contributed by atoms with van der Waals surface area (Å²) in [6, 6.07) is 4.14. The van der Waals surface area contributed by atoms with Gasteiger partial charge in [-0.3, -0.25) is 0 Å².